The van der Waals surface area contributed by atoms with Crippen LogP contribution in [0, 0.1) is 6.92 Å². The van der Waals surface area contributed by atoms with Gasteiger partial charge in [-0.25, -0.2) is 4.79 Å². The zero-order valence-electron chi connectivity index (χ0n) is 16.7. The fraction of sp³-hybridized carbons (Fsp3) is 0.182. The maximum atomic E-state index is 12.7. The van der Waals surface area contributed by atoms with Gasteiger partial charge in [-0.05, 0) is 49.7 Å². The maximum absolute atomic E-state index is 12.7. The van der Waals surface area contributed by atoms with E-state index < -0.39 is 11.2 Å². The lowest BCUT2D eigenvalue weighted by molar-refractivity contribution is -0.115. The van der Waals surface area contributed by atoms with Gasteiger partial charge in [-0.3, -0.25) is 9.20 Å². The zero-order chi connectivity index (χ0) is 21.3. The quantitative estimate of drug-likeness (QED) is 0.387. The van der Waals surface area contributed by atoms with Crippen LogP contribution in [0.2, 0.25) is 0 Å². The zero-order valence-corrected chi connectivity index (χ0v) is 17.6. The van der Waals surface area contributed by atoms with E-state index in [1.807, 2.05) is 42.5 Å². The highest BCUT2D eigenvalue weighted by Crippen LogP contribution is 2.28. The molecule has 0 fully saturated rings. The SMILES string of the molecule is COC(=O)c1cccc(NC(=O)C(C)Sc2nnc3cc(C)c4ccccc4n23)c1. The smallest absolute Gasteiger partial charge is 0.337 e. The van der Waals surface area contributed by atoms with Crippen molar-refractivity contribution in [3.05, 3.63) is 65.7 Å². The average Bonchev–Trinajstić information content (AvgIpc) is 3.15. The molecule has 0 saturated carbocycles. The predicted octanol–water partition coefficient (Wildman–Crippen LogP) is 4.10. The number of ether oxygens (including phenoxy) is 1. The number of aromatic nitrogens is 3. The van der Waals surface area contributed by atoms with Crippen molar-refractivity contribution in [1.29, 1.82) is 0 Å². The Labute approximate surface area is 177 Å². The average molecular weight is 420 g/mol. The van der Waals surface area contributed by atoms with Crippen molar-refractivity contribution in [2.24, 2.45) is 0 Å². The van der Waals surface area contributed by atoms with Gasteiger partial charge < -0.3 is 10.1 Å². The molecule has 8 heteroatoms. The van der Waals surface area contributed by atoms with Gasteiger partial charge in [0, 0.05) is 11.1 Å². The number of hydrogen-bond acceptors (Lipinski definition) is 6. The minimum atomic E-state index is -0.453. The molecule has 0 aliphatic heterocycles. The lowest BCUT2D eigenvalue weighted by Crippen LogP contribution is -2.22. The number of rotatable bonds is 5. The number of esters is 1. The number of amides is 1. The largest absolute Gasteiger partial charge is 0.465 e. The summed E-state index contributed by atoms with van der Waals surface area (Å²) in [7, 11) is 1.32. The van der Waals surface area contributed by atoms with Crippen LogP contribution in [-0.4, -0.2) is 38.8 Å². The van der Waals surface area contributed by atoms with Gasteiger partial charge in [0.1, 0.15) is 0 Å². The first-order valence-corrected chi connectivity index (χ1v) is 10.3. The summed E-state index contributed by atoms with van der Waals surface area (Å²) >= 11 is 1.33. The van der Waals surface area contributed by atoms with Crippen molar-refractivity contribution in [2.75, 3.05) is 12.4 Å². The summed E-state index contributed by atoms with van der Waals surface area (Å²) in [6, 6.07) is 16.7. The summed E-state index contributed by atoms with van der Waals surface area (Å²) in [6.07, 6.45) is 0. The minimum Gasteiger partial charge on any atom is -0.465 e. The van der Waals surface area contributed by atoms with Gasteiger partial charge >= 0.3 is 5.97 Å². The molecular weight excluding hydrogens is 400 g/mol. The molecule has 30 heavy (non-hydrogen) atoms. The first-order valence-electron chi connectivity index (χ1n) is 9.37. The lowest BCUT2D eigenvalue weighted by Gasteiger charge is -2.12. The minimum absolute atomic E-state index is 0.199. The number of fused-ring (bicyclic) bond motifs is 3. The molecule has 0 bridgehead atoms. The molecule has 1 N–H and O–H groups in total. The topological polar surface area (TPSA) is 85.6 Å². The highest BCUT2D eigenvalue weighted by molar-refractivity contribution is 8.00. The number of aryl methyl sites for hydroxylation is 1. The van der Waals surface area contributed by atoms with Gasteiger partial charge in [-0.15, -0.1) is 10.2 Å². The van der Waals surface area contributed by atoms with Crippen LogP contribution < -0.4 is 5.32 Å². The van der Waals surface area contributed by atoms with Crippen LogP contribution in [0.5, 0.6) is 0 Å². The van der Waals surface area contributed by atoms with Crippen LogP contribution in [0.4, 0.5) is 5.69 Å². The highest BCUT2D eigenvalue weighted by Gasteiger charge is 2.20. The molecule has 1 atom stereocenters. The second-order valence-corrected chi connectivity index (χ2v) is 8.15. The Morgan fingerprint density at radius 2 is 1.90 bits per heavy atom. The van der Waals surface area contributed by atoms with Crippen molar-refractivity contribution >= 4 is 45.9 Å². The lowest BCUT2D eigenvalue weighted by atomic mass is 10.1. The van der Waals surface area contributed by atoms with Crippen molar-refractivity contribution in [3.8, 4) is 0 Å². The molecular formula is C22H20N4O3S. The molecule has 2 heterocycles. The van der Waals surface area contributed by atoms with Gasteiger partial charge in [-0.1, -0.05) is 36.0 Å². The number of nitrogens with one attached hydrogen (secondary N) is 1. The molecule has 0 radical (unpaired) electrons. The molecule has 4 aromatic rings. The number of thioether (sulfide) groups is 1. The van der Waals surface area contributed by atoms with Crippen molar-refractivity contribution in [3.63, 3.8) is 0 Å². The fourth-order valence-electron chi connectivity index (χ4n) is 3.25. The second-order valence-electron chi connectivity index (χ2n) is 6.84. The van der Waals surface area contributed by atoms with E-state index in [1.54, 1.807) is 24.3 Å². The Hall–Kier alpha value is -3.39. The summed E-state index contributed by atoms with van der Waals surface area (Å²) in [5, 5.41) is 12.7. The molecule has 4 rings (SSSR count). The summed E-state index contributed by atoms with van der Waals surface area (Å²) in [5.74, 6) is -0.652. The van der Waals surface area contributed by atoms with E-state index in [2.05, 4.69) is 21.6 Å². The highest BCUT2D eigenvalue weighted by atomic mass is 32.2. The van der Waals surface area contributed by atoms with Gasteiger partial charge in [0.15, 0.2) is 10.8 Å². The molecule has 7 nitrogen and oxygen atoms in total. The number of methoxy groups -OCH3 is 1. The van der Waals surface area contributed by atoms with E-state index in [1.165, 1.54) is 18.9 Å². The number of pyridine rings is 1. The second kappa shape index (κ2) is 8.16. The van der Waals surface area contributed by atoms with Gasteiger partial charge in [0.2, 0.25) is 5.91 Å². The van der Waals surface area contributed by atoms with E-state index in [-0.39, 0.29) is 5.91 Å². The summed E-state index contributed by atoms with van der Waals surface area (Å²) in [6.45, 7) is 3.85. The van der Waals surface area contributed by atoms with Crippen molar-refractivity contribution < 1.29 is 14.3 Å². The Bertz CT molecular complexity index is 1270. The third kappa shape index (κ3) is 3.73. The van der Waals surface area contributed by atoms with E-state index in [9.17, 15) is 9.59 Å². The van der Waals surface area contributed by atoms with E-state index >= 15 is 0 Å². The molecule has 2 aromatic carbocycles. The fourth-order valence-corrected chi connectivity index (χ4v) is 4.12. The van der Waals surface area contributed by atoms with Crippen LogP contribution in [0.1, 0.15) is 22.8 Å². The van der Waals surface area contributed by atoms with Gasteiger partial charge in [0.25, 0.3) is 0 Å². The Morgan fingerprint density at radius 3 is 2.70 bits per heavy atom. The number of hydrogen-bond donors (Lipinski definition) is 1. The monoisotopic (exact) mass is 420 g/mol. The Morgan fingerprint density at radius 1 is 1.10 bits per heavy atom. The third-order valence-electron chi connectivity index (χ3n) is 4.78. The molecule has 1 amide bonds. The number of anilines is 1. The van der Waals surface area contributed by atoms with Crippen LogP contribution >= 0.6 is 11.8 Å². The number of carbonyl (C=O) groups is 2. The molecule has 1 unspecified atom stereocenters. The van der Waals surface area contributed by atoms with E-state index in [0.29, 0.717) is 16.4 Å². The Balaban J connectivity index is 1.58. The summed E-state index contributed by atoms with van der Waals surface area (Å²) < 4.78 is 6.69. The molecule has 2 aromatic heterocycles. The number of nitrogens with zero attached hydrogens (tertiary/aromatic N) is 3. The summed E-state index contributed by atoms with van der Waals surface area (Å²) in [4.78, 5) is 24.4. The first kappa shape index (κ1) is 19.9. The van der Waals surface area contributed by atoms with Crippen molar-refractivity contribution in [1.82, 2.24) is 14.6 Å². The third-order valence-corrected chi connectivity index (χ3v) is 5.82. The van der Waals surface area contributed by atoms with Gasteiger partial charge in [0.05, 0.1) is 23.4 Å². The van der Waals surface area contributed by atoms with Gasteiger partial charge in [-0.2, -0.15) is 0 Å². The maximum Gasteiger partial charge on any atom is 0.337 e. The van der Waals surface area contributed by atoms with E-state index in [0.717, 1.165) is 22.1 Å². The molecule has 0 saturated heterocycles. The van der Waals surface area contributed by atoms with Crippen LogP contribution in [-0.2, 0) is 9.53 Å². The number of benzene rings is 2. The van der Waals surface area contributed by atoms with Crippen LogP contribution in [0.15, 0.2) is 59.8 Å². The molecule has 0 aliphatic rings. The van der Waals surface area contributed by atoms with Crippen molar-refractivity contribution in [2.45, 2.75) is 24.3 Å². The molecule has 152 valence electrons. The number of carbonyl (C=O) groups excluding carboxylic acids is 2. The normalized spacial score (nSPS) is 12.1. The first-order chi connectivity index (χ1) is 14.5. The molecule has 0 spiro atoms. The van der Waals surface area contributed by atoms with E-state index in [4.69, 9.17) is 4.74 Å². The predicted molar refractivity (Wildman–Crippen MR) is 117 cm³/mol. The molecule has 0 aliphatic carbocycles. The Kier molecular flexibility index (Phi) is 5.41. The summed E-state index contributed by atoms with van der Waals surface area (Å²) in [5.41, 5.74) is 3.77. The van der Waals surface area contributed by atoms with Crippen LogP contribution in [0.3, 0.4) is 0 Å². The van der Waals surface area contributed by atoms with Crippen LogP contribution in [0.25, 0.3) is 16.6 Å². The number of para-hydroxylation sites is 1. The standard InChI is InChI=1S/C22H20N4O3S/c1-13-11-19-24-25-22(26(19)18-10-5-4-9-17(13)18)30-14(2)20(27)23-16-8-6-7-15(12-16)21(28)29-3/h4-12,14H,1-3H3,(H,23,27).